The van der Waals surface area contributed by atoms with Crippen LogP contribution in [0.25, 0.3) is 0 Å². The summed E-state index contributed by atoms with van der Waals surface area (Å²) in [4.78, 5) is 23.4. The van der Waals surface area contributed by atoms with Crippen LogP contribution in [0.4, 0.5) is 13.2 Å². The van der Waals surface area contributed by atoms with Crippen molar-refractivity contribution in [3.63, 3.8) is 0 Å². The average Bonchev–Trinajstić information content (AvgIpc) is 3.09. The highest BCUT2D eigenvalue weighted by Gasteiger charge is 2.74. The van der Waals surface area contributed by atoms with Gasteiger partial charge in [0.15, 0.2) is 0 Å². The summed E-state index contributed by atoms with van der Waals surface area (Å²) in [5.41, 5.74) is -1.64. The molecule has 1 saturated carbocycles. The molecule has 2 fully saturated rings. The maximum absolute atomic E-state index is 14.7. The van der Waals surface area contributed by atoms with E-state index in [1.807, 2.05) is 0 Å². The van der Waals surface area contributed by atoms with E-state index in [4.69, 9.17) is 0 Å². The summed E-state index contributed by atoms with van der Waals surface area (Å²) >= 11 is 0. The number of nitrogens with zero attached hydrogens (tertiary/aromatic N) is 2. The molecule has 0 bridgehead atoms. The highest BCUT2D eigenvalue weighted by atomic mass is 19.4. The third-order valence-electron chi connectivity index (χ3n) is 6.76. The number of quaternary nitrogens is 1. The third-order valence-corrected chi connectivity index (χ3v) is 6.76. The van der Waals surface area contributed by atoms with Gasteiger partial charge in [-0.15, -0.1) is 0 Å². The number of nitro groups is 1. The molecule has 1 saturated heterocycles. The number of likely N-dealkylation sites (N-methyl/N-ethyl adjacent to an activating group) is 1. The van der Waals surface area contributed by atoms with Crippen molar-refractivity contribution in [3.8, 4) is 0 Å². The van der Waals surface area contributed by atoms with Gasteiger partial charge < -0.3 is 9.80 Å². The first kappa shape index (κ1) is 21.5. The number of nitrogens with one attached hydrogen (secondary N) is 1. The second-order valence-corrected chi connectivity index (χ2v) is 8.48. The van der Waals surface area contributed by atoms with Gasteiger partial charge in [0.2, 0.25) is 17.5 Å². The van der Waals surface area contributed by atoms with Crippen molar-refractivity contribution in [2.45, 2.75) is 62.3 Å². The number of halogens is 3. The van der Waals surface area contributed by atoms with Crippen molar-refractivity contribution < 1.29 is 27.4 Å². The van der Waals surface area contributed by atoms with Gasteiger partial charge in [0.05, 0.1) is 39.0 Å². The lowest BCUT2D eigenvalue weighted by Crippen LogP contribution is -2.78. The smallest absolute Gasteiger partial charge is 0.346 e. The summed E-state index contributed by atoms with van der Waals surface area (Å²) < 4.78 is 43.7. The molecule has 1 aliphatic carbocycles. The van der Waals surface area contributed by atoms with Gasteiger partial charge >= 0.3 is 6.18 Å². The normalized spacial score (nSPS) is 29.4. The lowest BCUT2D eigenvalue weighted by atomic mass is 9.71. The van der Waals surface area contributed by atoms with Crippen molar-refractivity contribution in [2.75, 3.05) is 20.1 Å². The van der Waals surface area contributed by atoms with Crippen LogP contribution in [0.2, 0.25) is 0 Å². The summed E-state index contributed by atoms with van der Waals surface area (Å²) in [7, 11) is 1.54. The Bertz CT molecular complexity index is 750. The monoisotopic (exact) mass is 414 g/mol. The van der Waals surface area contributed by atoms with Crippen LogP contribution in [0.1, 0.15) is 37.7 Å². The molecule has 29 heavy (non-hydrogen) atoms. The molecule has 0 aromatic heterocycles. The minimum atomic E-state index is -4.68. The first-order valence-electron chi connectivity index (χ1n) is 9.97. The predicted octanol–water partition coefficient (Wildman–Crippen LogP) is 3.08. The standard InChI is InChI=1S/C20H26F3N3O3/c1-26(11-5-6-12-26)19(20(21,22)23)14-16(25(28)29)9-10-17(19)24-18(27)13-15-7-3-2-4-8-15/h2-4,7-8,16-17H,5-6,9-14H2,1H3/p+1/t16-,17?,19+/m0/s1. The Labute approximate surface area is 167 Å². The largest absolute Gasteiger partial charge is 0.446 e. The van der Waals surface area contributed by atoms with Gasteiger partial charge in [-0.05, 0) is 12.0 Å². The van der Waals surface area contributed by atoms with E-state index >= 15 is 0 Å². The van der Waals surface area contributed by atoms with Crippen LogP contribution in [0.15, 0.2) is 30.3 Å². The van der Waals surface area contributed by atoms with Crippen LogP contribution >= 0.6 is 0 Å². The molecule has 1 N–H and O–H groups in total. The molecule has 0 radical (unpaired) electrons. The van der Waals surface area contributed by atoms with Crippen LogP contribution in [-0.2, 0) is 11.2 Å². The molecule has 1 aromatic carbocycles. The van der Waals surface area contributed by atoms with Crippen molar-refractivity contribution in [3.05, 3.63) is 46.0 Å². The lowest BCUT2D eigenvalue weighted by Gasteiger charge is -2.54. The van der Waals surface area contributed by atoms with Crippen LogP contribution < -0.4 is 5.32 Å². The summed E-state index contributed by atoms with van der Waals surface area (Å²) in [6, 6.07) is 6.38. The first-order chi connectivity index (χ1) is 13.6. The molecular formula is C20H27F3N3O3+. The molecule has 1 heterocycles. The quantitative estimate of drug-likeness (QED) is 0.457. The zero-order valence-electron chi connectivity index (χ0n) is 16.5. The average molecular weight is 414 g/mol. The Hall–Kier alpha value is -2.16. The Morgan fingerprint density at radius 2 is 1.86 bits per heavy atom. The van der Waals surface area contributed by atoms with Crippen LogP contribution in [0, 0.1) is 10.1 Å². The van der Waals surface area contributed by atoms with Gasteiger partial charge in [-0.1, -0.05) is 30.3 Å². The second kappa shape index (κ2) is 7.93. The molecule has 1 aliphatic heterocycles. The van der Waals surface area contributed by atoms with E-state index in [-0.39, 0.29) is 23.7 Å². The number of carbonyl (C=O) groups is 1. The first-order valence-corrected chi connectivity index (χ1v) is 9.97. The van der Waals surface area contributed by atoms with Crippen molar-refractivity contribution in [1.29, 1.82) is 0 Å². The topological polar surface area (TPSA) is 72.2 Å². The maximum Gasteiger partial charge on any atom is 0.446 e. The van der Waals surface area contributed by atoms with Gasteiger partial charge in [-0.2, -0.15) is 13.2 Å². The number of rotatable bonds is 5. The fraction of sp³-hybridized carbons (Fsp3) is 0.650. The van der Waals surface area contributed by atoms with Crippen molar-refractivity contribution in [1.82, 2.24) is 5.32 Å². The zero-order chi connectivity index (χ0) is 21.3. The fourth-order valence-corrected chi connectivity index (χ4v) is 5.25. The van der Waals surface area contributed by atoms with Crippen LogP contribution in [0.5, 0.6) is 0 Å². The summed E-state index contributed by atoms with van der Waals surface area (Å²) in [5.74, 6) is -0.486. The van der Waals surface area contributed by atoms with Crippen LogP contribution in [0.3, 0.4) is 0 Å². The number of alkyl halides is 3. The molecule has 0 spiro atoms. The molecule has 1 aromatic rings. The summed E-state index contributed by atoms with van der Waals surface area (Å²) in [6.45, 7) is 0.601. The number of benzene rings is 1. The van der Waals surface area contributed by atoms with Gasteiger partial charge in [0.1, 0.15) is 0 Å². The van der Waals surface area contributed by atoms with E-state index in [9.17, 15) is 28.1 Å². The number of likely N-dealkylation sites (tertiary alicyclic amines) is 1. The minimum Gasteiger partial charge on any atom is -0.346 e. The molecule has 6 nitrogen and oxygen atoms in total. The maximum atomic E-state index is 14.7. The van der Waals surface area contributed by atoms with Gasteiger partial charge in [-0.25, -0.2) is 0 Å². The lowest BCUT2D eigenvalue weighted by molar-refractivity contribution is -0.966. The van der Waals surface area contributed by atoms with Gasteiger partial charge in [0.25, 0.3) is 0 Å². The Balaban J connectivity index is 1.94. The minimum absolute atomic E-state index is 0.0202. The van der Waals surface area contributed by atoms with E-state index in [0.29, 0.717) is 31.5 Å². The second-order valence-electron chi connectivity index (χ2n) is 8.48. The molecule has 3 rings (SSSR count). The molecular weight excluding hydrogens is 387 g/mol. The molecule has 2 aliphatic rings. The highest BCUT2D eigenvalue weighted by molar-refractivity contribution is 5.79. The van der Waals surface area contributed by atoms with E-state index < -0.39 is 41.1 Å². The molecule has 1 unspecified atom stereocenters. The SMILES string of the molecule is C[N+]1([C@]2(C(F)(F)F)C[C@@H]([N+](=O)[O-])CCC2NC(=O)Cc2ccccc2)CCCC1. The van der Waals surface area contributed by atoms with E-state index in [1.54, 1.807) is 37.4 Å². The third kappa shape index (κ3) is 3.97. The summed E-state index contributed by atoms with van der Waals surface area (Å²) in [6.07, 6.45) is -4.04. The fourth-order valence-electron chi connectivity index (χ4n) is 5.25. The van der Waals surface area contributed by atoms with Crippen LogP contribution in [-0.4, -0.2) is 59.2 Å². The number of amides is 1. The zero-order valence-corrected chi connectivity index (χ0v) is 16.5. The van der Waals surface area contributed by atoms with Crippen molar-refractivity contribution in [2.24, 2.45) is 0 Å². The summed E-state index contributed by atoms with van der Waals surface area (Å²) in [5, 5.41) is 14.0. The van der Waals surface area contributed by atoms with Gasteiger partial charge in [0, 0.05) is 24.2 Å². The molecule has 160 valence electrons. The Kier molecular flexibility index (Phi) is 5.89. The highest BCUT2D eigenvalue weighted by Crippen LogP contribution is 2.51. The van der Waals surface area contributed by atoms with Crippen molar-refractivity contribution >= 4 is 5.91 Å². The Morgan fingerprint density at radius 1 is 1.24 bits per heavy atom. The van der Waals surface area contributed by atoms with Gasteiger partial charge in [-0.3, -0.25) is 14.9 Å². The van der Waals surface area contributed by atoms with E-state index in [2.05, 4.69) is 5.32 Å². The number of hydrogen-bond donors (Lipinski definition) is 1. The Morgan fingerprint density at radius 3 is 2.41 bits per heavy atom. The number of carbonyl (C=O) groups excluding carboxylic acids is 1. The van der Waals surface area contributed by atoms with E-state index in [1.165, 1.54) is 0 Å². The predicted molar refractivity (Wildman–Crippen MR) is 101 cm³/mol. The molecule has 3 atom stereocenters. The number of hydrogen-bond acceptors (Lipinski definition) is 3. The molecule has 9 heteroatoms. The molecule has 1 amide bonds. The van der Waals surface area contributed by atoms with E-state index in [0.717, 1.165) is 0 Å².